The predicted octanol–water partition coefficient (Wildman–Crippen LogP) is 2.55. The van der Waals surface area contributed by atoms with Crippen LogP contribution in [0.2, 0.25) is 0 Å². The molecule has 0 amide bonds. The fourth-order valence-corrected chi connectivity index (χ4v) is 2.55. The SMILES string of the molecule is COc1ccc(-c2c[nH]c(C3CCNCC3)n2)cc1. The first-order valence-corrected chi connectivity index (χ1v) is 6.77. The summed E-state index contributed by atoms with van der Waals surface area (Å²) in [6.07, 6.45) is 4.32. The summed E-state index contributed by atoms with van der Waals surface area (Å²) in [5, 5.41) is 3.38. The molecule has 0 bridgehead atoms. The molecule has 1 saturated heterocycles. The van der Waals surface area contributed by atoms with Crippen molar-refractivity contribution in [2.24, 2.45) is 0 Å². The molecule has 1 aliphatic heterocycles. The molecule has 4 nitrogen and oxygen atoms in total. The fraction of sp³-hybridized carbons (Fsp3) is 0.400. The molecule has 2 N–H and O–H groups in total. The van der Waals surface area contributed by atoms with E-state index in [9.17, 15) is 0 Å². The van der Waals surface area contributed by atoms with Crippen LogP contribution in [0.25, 0.3) is 11.3 Å². The van der Waals surface area contributed by atoms with Crippen molar-refractivity contribution in [3.63, 3.8) is 0 Å². The van der Waals surface area contributed by atoms with E-state index < -0.39 is 0 Å². The van der Waals surface area contributed by atoms with Gasteiger partial charge in [0.1, 0.15) is 11.6 Å². The van der Waals surface area contributed by atoms with Crippen molar-refractivity contribution in [2.75, 3.05) is 20.2 Å². The third-order valence-electron chi connectivity index (χ3n) is 3.71. The second-order valence-electron chi connectivity index (χ2n) is 4.92. The maximum Gasteiger partial charge on any atom is 0.118 e. The number of nitrogens with zero attached hydrogens (tertiary/aromatic N) is 1. The van der Waals surface area contributed by atoms with Gasteiger partial charge in [-0.25, -0.2) is 4.98 Å². The highest BCUT2D eigenvalue weighted by atomic mass is 16.5. The number of H-pyrrole nitrogens is 1. The number of ether oxygens (including phenoxy) is 1. The van der Waals surface area contributed by atoms with Crippen LogP contribution in [-0.2, 0) is 0 Å². The van der Waals surface area contributed by atoms with Crippen LogP contribution in [-0.4, -0.2) is 30.2 Å². The van der Waals surface area contributed by atoms with Gasteiger partial charge in [-0.3, -0.25) is 0 Å². The van der Waals surface area contributed by atoms with E-state index in [0.29, 0.717) is 5.92 Å². The summed E-state index contributed by atoms with van der Waals surface area (Å²) >= 11 is 0. The van der Waals surface area contributed by atoms with Gasteiger partial charge in [0.15, 0.2) is 0 Å². The average molecular weight is 257 g/mol. The van der Waals surface area contributed by atoms with E-state index in [1.165, 1.54) is 0 Å². The van der Waals surface area contributed by atoms with Crippen molar-refractivity contribution < 1.29 is 4.74 Å². The van der Waals surface area contributed by atoms with Gasteiger partial charge in [0, 0.05) is 17.7 Å². The average Bonchev–Trinajstić information content (AvgIpc) is 2.98. The predicted molar refractivity (Wildman–Crippen MR) is 75.4 cm³/mol. The topological polar surface area (TPSA) is 49.9 Å². The van der Waals surface area contributed by atoms with Gasteiger partial charge in [-0.15, -0.1) is 0 Å². The quantitative estimate of drug-likeness (QED) is 0.888. The maximum atomic E-state index is 5.17. The zero-order valence-corrected chi connectivity index (χ0v) is 11.1. The molecule has 1 aliphatic rings. The number of nitrogens with one attached hydrogen (secondary N) is 2. The zero-order chi connectivity index (χ0) is 13.1. The summed E-state index contributed by atoms with van der Waals surface area (Å²) in [5.41, 5.74) is 2.13. The molecule has 2 heterocycles. The van der Waals surface area contributed by atoms with E-state index >= 15 is 0 Å². The van der Waals surface area contributed by atoms with Crippen LogP contribution in [0.15, 0.2) is 30.5 Å². The van der Waals surface area contributed by atoms with Crippen LogP contribution in [0, 0.1) is 0 Å². The number of aromatic nitrogens is 2. The lowest BCUT2D eigenvalue weighted by atomic mass is 9.98. The fourth-order valence-electron chi connectivity index (χ4n) is 2.55. The molecule has 0 aliphatic carbocycles. The van der Waals surface area contributed by atoms with Gasteiger partial charge in [-0.2, -0.15) is 0 Å². The van der Waals surface area contributed by atoms with Crippen LogP contribution >= 0.6 is 0 Å². The smallest absolute Gasteiger partial charge is 0.118 e. The highest BCUT2D eigenvalue weighted by molar-refractivity contribution is 5.59. The highest BCUT2D eigenvalue weighted by Crippen LogP contribution is 2.26. The Morgan fingerprint density at radius 2 is 1.89 bits per heavy atom. The third-order valence-corrected chi connectivity index (χ3v) is 3.71. The Morgan fingerprint density at radius 3 is 2.58 bits per heavy atom. The zero-order valence-electron chi connectivity index (χ0n) is 11.1. The van der Waals surface area contributed by atoms with E-state index in [0.717, 1.165) is 48.8 Å². The number of piperidine rings is 1. The maximum absolute atomic E-state index is 5.17. The first-order valence-electron chi connectivity index (χ1n) is 6.77. The van der Waals surface area contributed by atoms with E-state index in [2.05, 4.69) is 10.3 Å². The van der Waals surface area contributed by atoms with E-state index in [1.807, 2.05) is 30.5 Å². The summed E-state index contributed by atoms with van der Waals surface area (Å²) in [5.74, 6) is 2.55. The summed E-state index contributed by atoms with van der Waals surface area (Å²) in [6.45, 7) is 2.17. The summed E-state index contributed by atoms with van der Waals surface area (Å²) in [7, 11) is 1.68. The lowest BCUT2D eigenvalue weighted by Crippen LogP contribution is -2.27. The van der Waals surface area contributed by atoms with Crippen molar-refractivity contribution >= 4 is 0 Å². The molecule has 0 atom stereocenters. The summed E-state index contributed by atoms with van der Waals surface area (Å²) in [6, 6.07) is 8.02. The lowest BCUT2D eigenvalue weighted by molar-refractivity contribution is 0.415. The van der Waals surface area contributed by atoms with Gasteiger partial charge in [-0.1, -0.05) is 0 Å². The normalized spacial score (nSPS) is 16.5. The summed E-state index contributed by atoms with van der Waals surface area (Å²) < 4.78 is 5.17. The Balaban J connectivity index is 1.79. The summed E-state index contributed by atoms with van der Waals surface area (Å²) in [4.78, 5) is 8.07. The van der Waals surface area contributed by atoms with Gasteiger partial charge in [-0.05, 0) is 50.2 Å². The minimum absolute atomic E-state index is 0.563. The molecule has 0 spiro atoms. The van der Waals surface area contributed by atoms with Crippen LogP contribution < -0.4 is 10.1 Å². The van der Waals surface area contributed by atoms with Crippen molar-refractivity contribution in [3.05, 3.63) is 36.3 Å². The minimum Gasteiger partial charge on any atom is -0.497 e. The second-order valence-corrected chi connectivity index (χ2v) is 4.92. The van der Waals surface area contributed by atoms with Gasteiger partial charge in [0.2, 0.25) is 0 Å². The standard InChI is InChI=1S/C15H19N3O/c1-19-13-4-2-11(3-5-13)14-10-17-15(18-14)12-6-8-16-9-7-12/h2-5,10,12,16H,6-9H2,1H3,(H,17,18). The Bertz CT molecular complexity index is 527. The first kappa shape index (κ1) is 12.2. The molecular formula is C15H19N3O. The molecule has 1 aromatic heterocycles. The lowest BCUT2D eigenvalue weighted by Gasteiger charge is -2.20. The van der Waals surface area contributed by atoms with E-state index in [4.69, 9.17) is 9.72 Å². The molecule has 2 aromatic rings. The van der Waals surface area contributed by atoms with E-state index in [-0.39, 0.29) is 0 Å². The third kappa shape index (κ3) is 2.63. The van der Waals surface area contributed by atoms with Crippen LogP contribution in [0.4, 0.5) is 0 Å². The van der Waals surface area contributed by atoms with Crippen molar-refractivity contribution in [1.29, 1.82) is 0 Å². The second kappa shape index (κ2) is 5.45. The van der Waals surface area contributed by atoms with Crippen LogP contribution in [0.1, 0.15) is 24.6 Å². The number of benzene rings is 1. The van der Waals surface area contributed by atoms with Crippen molar-refractivity contribution in [1.82, 2.24) is 15.3 Å². The number of hydrogen-bond acceptors (Lipinski definition) is 3. The molecule has 0 saturated carbocycles. The molecule has 0 unspecified atom stereocenters. The molecular weight excluding hydrogens is 238 g/mol. The molecule has 100 valence electrons. The van der Waals surface area contributed by atoms with Crippen molar-refractivity contribution in [2.45, 2.75) is 18.8 Å². The van der Waals surface area contributed by atoms with Gasteiger partial charge >= 0.3 is 0 Å². The number of hydrogen-bond donors (Lipinski definition) is 2. The molecule has 3 rings (SSSR count). The number of aromatic amines is 1. The first-order chi connectivity index (χ1) is 9.36. The molecule has 1 aromatic carbocycles. The Morgan fingerprint density at radius 1 is 1.16 bits per heavy atom. The van der Waals surface area contributed by atoms with Crippen molar-refractivity contribution in [3.8, 4) is 17.0 Å². The minimum atomic E-state index is 0.563. The van der Waals surface area contributed by atoms with E-state index in [1.54, 1.807) is 7.11 Å². The highest BCUT2D eigenvalue weighted by Gasteiger charge is 2.18. The number of methoxy groups -OCH3 is 1. The Hall–Kier alpha value is -1.81. The molecule has 4 heteroatoms. The van der Waals surface area contributed by atoms with Gasteiger partial charge in [0.25, 0.3) is 0 Å². The van der Waals surface area contributed by atoms with Crippen LogP contribution in [0.3, 0.4) is 0 Å². The molecule has 1 fully saturated rings. The van der Waals surface area contributed by atoms with Gasteiger partial charge in [0.05, 0.1) is 12.8 Å². The molecule has 19 heavy (non-hydrogen) atoms. The number of rotatable bonds is 3. The van der Waals surface area contributed by atoms with Gasteiger partial charge < -0.3 is 15.0 Å². The Kier molecular flexibility index (Phi) is 3.51. The Labute approximate surface area is 113 Å². The largest absolute Gasteiger partial charge is 0.497 e. The van der Waals surface area contributed by atoms with Crippen LogP contribution in [0.5, 0.6) is 5.75 Å². The monoisotopic (exact) mass is 257 g/mol. The number of imidazole rings is 1. The molecule has 0 radical (unpaired) electrons.